The Bertz CT molecular complexity index is 993. The van der Waals surface area contributed by atoms with Crippen LogP contribution >= 0.6 is 11.6 Å². The summed E-state index contributed by atoms with van der Waals surface area (Å²) < 4.78 is 7.25. The van der Waals surface area contributed by atoms with Crippen molar-refractivity contribution >= 4 is 23.3 Å². The highest BCUT2D eigenvalue weighted by Crippen LogP contribution is 2.26. The van der Waals surface area contributed by atoms with Crippen molar-refractivity contribution in [1.29, 1.82) is 0 Å². The van der Waals surface area contributed by atoms with Crippen LogP contribution in [0.15, 0.2) is 36.9 Å². The summed E-state index contributed by atoms with van der Waals surface area (Å²) >= 11 is 6.18. The van der Waals surface area contributed by atoms with Crippen LogP contribution in [0.3, 0.4) is 0 Å². The number of carbonyl (C=O) groups is 1. The van der Waals surface area contributed by atoms with Gasteiger partial charge in [-0.05, 0) is 49.2 Å². The zero-order valence-corrected chi connectivity index (χ0v) is 17.6. The molecule has 0 radical (unpaired) electrons. The number of ether oxygens (including phenoxy) is 1. The first kappa shape index (κ1) is 20.1. The number of rotatable bonds is 5. The summed E-state index contributed by atoms with van der Waals surface area (Å²) in [4.78, 5) is 20.4. The van der Waals surface area contributed by atoms with Gasteiger partial charge in [-0.15, -0.1) is 10.2 Å². The Balaban J connectivity index is 1.29. The van der Waals surface area contributed by atoms with Gasteiger partial charge in [0.2, 0.25) is 0 Å². The van der Waals surface area contributed by atoms with E-state index in [0.717, 1.165) is 22.0 Å². The third-order valence-electron chi connectivity index (χ3n) is 5.02. The van der Waals surface area contributed by atoms with Crippen molar-refractivity contribution in [2.75, 3.05) is 37.7 Å². The summed E-state index contributed by atoms with van der Waals surface area (Å²) in [6, 6.07) is 7.44. The van der Waals surface area contributed by atoms with Crippen LogP contribution in [-0.4, -0.2) is 68.6 Å². The summed E-state index contributed by atoms with van der Waals surface area (Å²) in [5.41, 5.74) is 1.87. The van der Waals surface area contributed by atoms with E-state index >= 15 is 0 Å². The first-order valence-corrected chi connectivity index (χ1v) is 10.00. The fourth-order valence-electron chi connectivity index (χ4n) is 3.35. The van der Waals surface area contributed by atoms with Crippen LogP contribution in [0.1, 0.15) is 11.1 Å². The molecule has 3 heterocycles. The van der Waals surface area contributed by atoms with Gasteiger partial charge in [0, 0.05) is 31.2 Å². The highest BCUT2D eigenvalue weighted by molar-refractivity contribution is 6.32. The normalized spacial score (nSPS) is 14.1. The van der Waals surface area contributed by atoms with Gasteiger partial charge in [0.25, 0.3) is 5.91 Å². The number of anilines is 1. The van der Waals surface area contributed by atoms with Crippen LogP contribution in [0.4, 0.5) is 5.82 Å². The number of piperazine rings is 1. The molecule has 0 aliphatic carbocycles. The Morgan fingerprint density at radius 3 is 2.33 bits per heavy atom. The molecule has 2 aromatic heterocycles. The van der Waals surface area contributed by atoms with Crippen molar-refractivity contribution in [2.24, 2.45) is 0 Å². The highest BCUT2D eigenvalue weighted by atomic mass is 35.5. The maximum absolute atomic E-state index is 12.5. The van der Waals surface area contributed by atoms with E-state index in [1.807, 2.05) is 43.0 Å². The zero-order valence-electron chi connectivity index (χ0n) is 16.8. The summed E-state index contributed by atoms with van der Waals surface area (Å²) in [6.45, 7) is 6.42. The Hall–Kier alpha value is -3.20. The quantitative estimate of drug-likeness (QED) is 0.615. The lowest BCUT2D eigenvalue weighted by Gasteiger charge is -2.35. The number of benzene rings is 1. The Morgan fingerprint density at radius 2 is 1.73 bits per heavy atom. The van der Waals surface area contributed by atoms with E-state index in [1.54, 1.807) is 11.0 Å². The molecule has 30 heavy (non-hydrogen) atoms. The summed E-state index contributed by atoms with van der Waals surface area (Å²) in [6.07, 6.45) is 3.02. The molecule has 3 aromatic rings. The Kier molecular flexibility index (Phi) is 5.80. The van der Waals surface area contributed by atoms with E-state index in [1.165, 1.54) is 6.33 Å². The lowest BCUT2D eigenvalue weighted by atomic mass is 10.1. The van der Waals surface area contributed by atoms with Crippen LogP contribution in [0.2, 0.25) is 5.02 Å². The van der Waals surface area contributed by atoms with Gasteiger partial charge < -0.3 is 14.5 Å². The van der Waals surface area contributed by atoms with Crippen molar-refractivity contribution in [2.45, 2.75) is 13.8 Å². The van der Waals surface area contributed by atoms with E-state index in [9.17, 15) is 4.79 Å². The van der Waals surface area contributed by atoms with E-state index in [2.05, 4.69) is 25.2 Å². The zero-order chi connectivity index (χ0) is 21.1. The molecular weight excluding hydrogens is 406 g/mol. The summed E-state index contributed by atoms with van der Waals surface area (Å²) in [5, 5.41) is 13.2. The molecule has 10 heteroatoms. The van der Waals surface area contributed by atoms with Gasteiger partial charge in [-0.2, -0.15) is 5.10 Å². The van der Waals surface area contributed by atoms with Crippen molar-refractivity contribution in [3.8, 4) is 11.6 Å². The van der Waals surface area contributed by atoms with Crippen molar-refractivity contribution in [3.05, 3.63) is 53.1 Å². The number of aromatic nitrogens is 5. The molecule has 1 aliphatic rings. The smallest absolute Gasteiger partial charge is 0.260 e. The maximum atomic E-state index is 12.5. The molecule has 0 saturated carbocycles. The van der Waals surface area contributed by atoms with Crippen LogP contribution in [-0.2, 0) is 4.79 Å². The number of amides is 1. The summed E-state index contributed by atoms with van der Waals surface area (Å²) in [5.74, 6) is 2.00. The van der Waals surface area contributed by atoms with Gasteiger partial charge in [-0.25, -0.2) is 9.67 Å². The third-order valence-corrected chi connectivity index (χ3v) is 5.61. The molecule has 1 fully saturated rings. The lowest BCUT2D eigenvalue weighted by Crippen LogP contribution is -2.50. The van der Waals surface area contributed by atoms with Crippen molar-refractivity contribution in [1.82, 2.24) is 29.9 Å². The summed E-state index contributed by atoms with van der Waals surface area (Å²) in [7, 11) is 0. The standard InChI is InChI=1S/C20H22ClN7O2/c1-14-9-16(10-15(2)20(14)21)30-11-19(29)27-7-5-26(6-8-27)17-3-4-18(25-24-17)28-13-22-12-23-28/h3-4,9-10,12-13H,5-8,11H2,1-2H3. The number of aryl methyl sites for hydroxylation is 2. The molecule has 1 aliphatic heterocycles. The molecule has 9 nitrogen and oxygen atoms in total. The Labute approximate surface area is 179 Å². The topological polar surface area (TPSA) is 89.3 Å². The molecule has 0 spiro atoms. The SMILES string of the molecule is Cc1cc(OCC(=O)N2CCN(c3ccc(-n4cncn4)nn3)CC2)cc(C)c1Cl. The number of nitrogens with zero attached hydrogens (tertiary/aromatic N) is 7. The molecular formula is C20H22ClN7O2. The molecule has 4 rings (SSSR count). The van der Waals surface area contributed by atoms with Gasteiger partial charge in [0.05, 0.1) is 0 Å². The molecule has 1 saturated heterocycles. The van der Waals surface area contributed by atoms with Gasteiger partial charge in [-0.1, -0.05) is 11.6 Å². The van der Waals surface area contributed by atoms with E-state index in [0.29, 0.717) is 37.7 Å². The van der Waals surface area contributed by atoms with E-state index in [4.69, 9.17) is 16.3 Å². The van der Waals surface area contributed by atoms with Gasteiger partial charge in [0.15, 0.2) is 18.2 Å². The van der Waals surface area contributed by atoms with Crippen LogP contribution in [0.5, 0.6) is 5.75 Å². The van der Waals surface area contributed by atoms with Gasteiger partial charge in [0.1, 0.15) is 18.4 Å². The van der Waals surface area contributed by atoms with Crippen LogP contribution in [0, 0.1) is 13.8 Å². The molecule has 1 amide bonds. The number of hydrogen-bond donors (Lipinski definition) is 0. The van der Waals surface area contributed by atoms with Gasteiger partial charge in [-0.3, -0.25) is 4.79 Å². The minimum absolute atomic E-state index is 0.00687. The minimum atomic E-state index is -0.0347. The van der Waals surface area contributed by atoms with Crippen molar-refractivity contribution in [3.63, 3.8) is 0 Å². The van der Waals surface area contributed by atoms with Crippen molar-refractivity contribution < 1.29 is 9.53 Å². The largest absolute Gasteiger partial charge is 0.484 e. The fourth-order valence-corrected chi connectivity index (χ4v) is 3.46. The number of halogens is 1. The monoisotopic (exact) mass is 427 g/mol. The molecule has 0 unspecified atom stereocenters. The first-order valence-electron chi connectivity index (χ1n) is 9.62. The minimum Gasteiger partial charge on any atom is -0.484 e. The lowest BCUT2D eigenvalue weighted by molar-refractivity contribution is -0.133. The second-order valence-electron chi connectivity index (χ2n) is 7.12. The number of hydrogen-bond acceptors (Lipinski definition) is 7. The second kappa shape index (κ2) is 8.66. The van der Waals surface area contributed by atoms with Gasteiger partial charge >= 0.3 is 0 Å². The van der Waals surface area contributed by atoms with E-state index < -0.39 is 0 Å². The highest BCUT2D eigenvalue weighted by Gasteiger charge is 2.22. The van der Waals surface area contributed by atoms with E-state index in [-0.39, 0.29) is 12.5 Å². The Morgan fingerprint density at radius 1 is 1.07 bits per heavy atom. The molecule has 156 valence electrons. The first-order chi connectivity index (χ1) is 14.5. The predicted octanol–water partition coefficient (Wildman–Crippen LogP) is 2.06. The molecule has 0 N–H and O–H groups in total. The average molecular weight is 428 g/mol. The number of carbonyl (C=O) groups excluding carboxylic acids is 1. The third kappa shape index (κ3) is 4.35. The van der Waals surface area contributed by atoms with Crippen LogP contribution < -0.4 is 9.64 Å². The molecule has 1 aromatic carbocycles. The molecule has 0 bridgehead atoms. The fraction of sp³-hybridized carbons (Fsp3) is 0.350. The second-order valence-corrected chi connectivity index (χ2v) is 7.50. The maximum Gasteiger partial charge on any atom is 0.260 e. The average Bonchev–Trinajstić information content (AvgIpc) is 3.31. The molecule has 0 atom stereocenters. The predicted molar refractivity (Wildman–Crippen MR) is 112 cm³/mol. The van der Waals surface area contributed by atoms with Crippen LogP contribution in [0.25, 0.3) is 5.82 Å².